The second kappa shape index (κ2) is 9.56. The van der Waals surface area contributed by atoms with Gasteiger partial charge in [0.15, 0.2) is 0 Å². The Morgan fingerprint density at radius 1 is 1.08 bits per heavy atom. The van der Waals surface area contributed by atoms with Crippen LogP contribution in [-0.2, 0) is 19.1 Å². The first kappa shape index (κ1) is 19.4. The van der Waals surface area contributed by atoms with Gasteiger partial charge in [0, 0.05) is 25.4 Å². The molecule has 0 radical (unpaired) electrons. The number of nitrogens with one attached hydrogen (secondary N) is 2. The van der Waals surface area contributed by atoms with Gasteiger partial charge in [-0.3, -0.25) is 14.4 Å². The molecule has 0 spiro atoms. The van der Waals surface area contributed by atoms with E-state index in [2.05, 4.69) is 16.7 Å². The number of hydrogen-bond donors (Lipinski definition) is 3. The minimum absolute atomic E-state index is 0.157. The van der Waals surface area contributed by atoms with Crippen LogP contribution in [0.25, 0.3) is 0 Å². The van der Waals surface area contributed by atoms with Crippen LogP contribution < -0.4 is 10.6 Å². The summed E-state index contributed by atoms with van der Waals surface area (Å²) in [4.78, 5) is 33.7. The Balaban J connectivity index is 1.78. The summed E-state index contributed by atoms with van der Waals surface area (Å²) in [6, 6.07) is 0. The van der Waals surface area contributed by atoms with E-state index >= 15 is 0 Å². The minimum atomic E-state index is -0.766. The number of hydrogen-bond acceptors (Lipinski definition) is 4. The smallest absolute Gasteiger partial charge is 0.309 e. The molecule has 2 bridgehead atoms. The predicted octanol–water partition coefficient (Wildman–Crippen LogP) is 1.23. The van der Waals surface area contributed by atoms with E-state index in [0.29, 0.717) is 25.4 Å². The number of rotatable bonds is 9. The van der Waals surface area contributed by atoms with Crippen LogP contribution in [0.2, 0.25) is 0 Å². The van der Waals surface area contributed by atoms with E-state index in [1.54, 1.807) is 6.92 Å². The highest BCUT2D eigenvalue weighted by Gasteiger charge is 2.48. The molecule has 4 atom stereocenters. The maximum atomic E-state index is 11.8. The molecular formula is C18H28N2O5. The third-order valence-electron chi connectivity index (χ3n) is 4.97. The van der Waals surface area contributed by atoms with Crippen LogP contribution in [0.1, 0.15) is 45.4 Å². The quantitative estimate of drug-likeness (QED) is 0.329. The van der Waals surface area contributed by atoms with Crippen molar-refractivity contribution in [1.29, 1.82) is 0 Å². The molecule has 25 heavy (non-hydrogen) atoms. The van der Waals surface area contributed by atoms with Crippen LogP contribution in [0.5, 0.6) is 0 Å². The second-order valence-corrected chi connectivity index (χ2v) is 6.68. The lowest BCUT2D eigenvalue weighted by Gasteiger charge is -2.27. The molecule has 7 heteroatoms. The fourth-order valence-corrected chi connectivity index (χ4v) is 3.75. The maximum absolute atomic E-state index is 11.8. The number of carbonyl (C=O) groups excluding carboxylic acids is 2. The Morgan fingerprint density at radius 3 is 2.44 bits per heavy atom. The number of amides is 2. The van der Waals surface area contributed by atoms with Crippen molar-refractivity contribution in [3.05, 3.63) is 12.2 Å². The largest absolute Gasteiger partial charge is 0.481 e. The number of allylic oxidation sites excluding steroid dienone is 2. The highest BCUT2D eigenvalue weighted by atomic mass is 16.5. The fourth-order valence-electron chi connectivity index (χ4n) is 3.75. The summed E-state index contributed by atoms with van der Waals surface area (Å²) in [5.41, 5.74) is 0. The molecule has 0 saturated carbocycles. The average Bonchev–Trinajstić information content (AvgIpc) is 3.17. The molecule has 0 aliphatic carbocycles. The van der Waals surface area contributed by atoms with Gasteiger partial charge < -0.3 is 20.5 Å². The molecule has 2 heterocycles. The van der Waals surface area contributed by atoms with Crippen LogP contribution in [0.4, 0.5) is 0 Å². The van der Waals surface area contributed by atoms with Crippen molar-refractivity contribution in [2.45, 2.75) is 57.7 Å². The van der Waals surface area contributed by atoms with Crippen molar-refractivity contribution in [3.63, 3.8) is 0 Å². The van der Waals surface area contributed by atoms with Gasteiger partial charge in [0.05, 0.1) is 12.2 Å². The standard InChI is InChI=1S/C18H28N2O5/c1-2-19-17(23)18(24)20-11-13-12(14-9-10-15(13)25-14)7-5-3-4-6-8-16(21)22/h3,5,12-15H,2,4,6-11H2,1H3,(H,19,23)(H,20,24)(H,21,22)/t12-,13+,14-,15+/m1/s1. The SMILES string of the molecule is CCNC(=O)C(=O)NC[C@H]1[C@@H](CC=CCCCC(=O)O)[C@H]2CC[C@@H]1O2. The van der Waals surface area contributed by atoms with Gasteiger partial charge in [0.2, 0.25) is 0 Å². The van der Waals surface area contributed by atoms with Gasteiger partial charge in [0.25, 0.3) is 0 Å². The lowest BCUT2D eigenvalue weighted by Crippen LogP contribution is -2.44. The minimum Gasteiger partial charge on any atom is -0.481 e. The van der Waals surface area contributed by atoms with Gasteiger partial charge in [-0.25, -0.2) is 0 Å². The van der Waals surface area contributed by atoms with E-state index < -0.39 is 17.8 Å². The van der Waals surface area contributed by atoms with Crippen molar-refractivity contribution in [2.24, 2.45) is 11.8 Å². The summed E-state index contributed by atoms with van der Waals surface area (Å²) in [6.45, 7) is 2.65. The molecule has 2 amide bonds. The number of likely N-dealkylation sites (N-methyl/N-ethyl adjacent to an activating group) is 1. The lowest BCUT2D eigenvalue weighted by atomic mass is 9.77. The molecular weight excluding hydrogens is 324 g/mol. The molecule has 2 aliphatic rings. The van der Waals surface area contributed by atoms with E-state index in [9.17, 15) is 14.4 Å². The first-order valence-electron chi connectivity index (χ1n) is 9.11. The molecule has 0 aromatic rings. The Hall–Kier alpha value is -1.89. The summed E-state index contributed by atoms with van der Waals surface area (Å²) < 4.78 is 5.98. The second-order valence-electron chi connectivity index (χ2n) is 6.68. The summed E-state index contributed by atoms with van der Waals surface area (Å²) in [5.74, 6) is -1.39. The van der Waals surface area contributed by atoms with Gasteiger partial charge >= 0.3 is 17.8 Å². The highest BCUT2D eigenvalue weighted by molar-refractivity contribution is 6.35. The molecule has 0 aromatic carbocycles. The highest BCUT2D eigenvalue weighted by Crippen LogP contribution is 2.44. The van der Waals surface area contributed by atoms with Crippen LogP contribution in [0, 0.1) is 11.8 Å². The number of ether oxygens (including phenoxy) is 1. The zero-order chi connectivity index (χ0) is 18.2. The molecule has 7 nitrogen and oxygen atoms in total. The number of carboxylic acid groups (broad SMARTS) is 1. The third kappa shape index (κ3) is 5.56. The Labute approximate surface area is 148 Å². The first-order valence-corrected chi connectivity index (χ1v) is 9.11. The van der Waals surface area contributed by atoms with Gasteiger partial charge in [-0.05, 0) is 44.9 Å². The number of fused-ring (bicyclic) bond motifs is 2. The summed E-state index contributed by atoms with van der Waals surface area (Å²) >= 11 is 0. The number of unbranched alkanes of at least 4 members (excludes halogenated alkanes) is 1. The van der Waals surface area contributed by atoms with E-state index in [0.717, 1.165) is 25.7 Å². The monoisotopic (exact) mass is 352 g/mol. The van der Waals surface area contributed by atoms with Crippen LogP contribution in [-0.4, -0.2) is 48.2 Å². The number of aliphatic carboxylic acids is 1. The summed E-state index contributed by atoms with van der Waals surface area (Å²) in [6.07, 6.45) is 9.00. The molecule has 2 aliphatic heterocycles. The molecule has 0 aromatic heterocycles. The summed E-state index contributed by atoms with van der Waals surface area (Å²) in [5, 5.41) is 13.8. The number of carbonyl (C=O) groups is 3. The van der Waals surface area contributed by atoms with E-state index in [1.165, 1.54) is 0 Å². The van der Waals surface area contributed by atoms with Crippen LogP contribution >= 0.6 is 0 Å². The van der Waals surface area contributed by atoms with Gasteiger partial charge in [-0.2, -0.15) is 0 Å². The van der Waals surface area contributed by atoms with E-state index in [4.69, 9.17) is 9.84 Å². The van der Waals surface area contributed by atoms with Crippen LogP contribution in [0.15, 0.2) is 12.2 Å². The molecule has 2 fully saturated rings. The van der Waals surface area contributed by atoms with Crippen LogP contribution in [0.3, 0.4) is 0 Å². The normalized spacial score (nSPS) is 27.6. The van der Waals surface area contributed by atoms with Gasteiger partial charge in [-0.15, -0.1) is 0 Å². The third-order valence-corrected chi connectivity index (χ3v) is 4.97. The van der Waals surface area contributed by atoms with Gasteiger partial charge in [-0.1, -0.05) is 12.2 Å². The maximum Gasteiger partial charge on any atom is 0.309 e. The fraction of sp³-hybridized carbons (Fsp3) is 0.722. The lowest BCUT2D eigenvalue weighted by molar-refractivity contribution is -0.139. The Morgan fingerprint density at radius 2 is 1.76 bits per heavy atom. The predicted molar refractivity (Wildman–Crippen MR) is 91.8 cm³/mol. The average molecular weight is 352 g/mol. The molecule has 0 unspecified atom stereocenters. The van der Waals surface area contributed by atoms with E-state index in [-0.39, 0.29) is 24.5 Å². The van der Waals surface area contributed by atoms with Crippen molar-refractivity contribution in [3.8, 4) is 0 Å². The number of carboxylic acids is 1. The van der Waals surface area contributed by atoms with Crippen molar-refractivity contribution in [1.82, 2.24) is 10.6 Å². The molecule has 140 valence electrons. The molecule has 3 N–H and O–H groups in total. The Bertz CT molecular complexity index is 520. The van der Waals surface area contributed by atoms with Crippen molar-refractivity contribution in [2.75, 3.05) is 13.1 Å². The summed E-state index contributed by atoms with van der Waals surface area (Å²) in [7, 11) is 0. The molecule has 2 rings (SSSR count). The first-order chi connectivity index (χ1) is 12.0. The van der Waals surface area contributed by atoms with Crippen molar-refractivity contribution < 1.29 is 24.2 Å². The zero-order valence-electron chi connectivity index (χ0n) is 14.7. The Kier molecular flexibility index (Phi) is 7.43. The topological polar surface area (TPSA) is 105 Å². The van der Waals surface area contributed by atoms with Gasteiger partial charge in [0.1, 0.15) is 0 Å². The molecule has 2 saturated heterocycles. The zero-order valence-corrected chi connectivity index (χ0v) is 14.7. The van der Waals surface area contributed by atoms with Crippen molar-refractivity contribution >= 4 is 17.8 Å². The van der Waals surface area contributed by atoms with E-state index in [1.807, 2.05) is 6.08 Å².